The second-order valence-corrected chi connectivity index (χ2v) is 10.8. The van der Waals surface area contributed by atoms with E-state index in [-0.39, 0.29) is 16.4 Å². The summed E-state index contributed by atoms with van der Waals surface area (Å²) in [6.45, 7) is 14.3. The highest BCUT2D eigenvalue weighted by Gasteiger charge is 2.38. The van der Waals surface area contributed by atoms with E-state index in [1.54, 1.807) is 12.2 Å². The fraction of sp³-hybridized carbons (Fsp3) is 0.429. The maximum absolute atomic E-state index is 9.35. The van der Waals surface area contributed by atoms with Gasteiger partial charge in [-0.2, -0.15) is 10.5 Å². The smallest absolute Gasteiger partial charge is 0.137 e. The van der Waals surface area contributed by atoms with Gasteiger partial charge >= 0.3 is 0 Å². The summed E-state index contributed by atoms with van der Waals surface area (Å²) in [5.41, 5.74) is 6.06. The quantitative estimate of drug-likeness (QED) is 0.520. The molecule has 32 heavy (non-hydrogen) atoms. The van der Waals surface area contributed by atoms with E-state index in [9.17, 15) is 10.5 Å². The van der Waals surface area contributed by atoms with E-state index >= 15 is 0 Å². The first kappa shape index (κ1) is 22.0. The van der Waals surface area contributed by atoms with Gasteiger partial charge in [-0.3, -0.25) is 0 Å². The molecule has 1 unspecified atom stereocenters. The number of nitriles is 2. The standard InChI is InChI=1S/C28H31N3O/c1-18-11-21-12-19(13-24-26(21)31(18)10-9-28(24,5)6)7-8-23-14-20(22(16-29)17-30)15-25(32-23)27(2,3)4/h7-8,12-15,18H,9-11H2,1-6H3. The van der Waals surface area contributed by atoms with Crippen LogP contribution in [0.2, 0.25) is 0 Å². The molecule has 0 saturated heterocycles. The van der Waals surface area contributed by atoms with Crippen LogP contribution in [0.4, 0.5) is 5.69 Å². The summed E-state index contributed by atoms with van der Waals surface area (Å²) in [7, 11) is 0. The van der Waals surface area contributed by atoms with Crippen LogP contribution in [0.3, 0.4) is 0 Å². The fourth-order valence-electron chi connectivity index (χ4n) is 4.79. The van der Waals surface area contributed by atoms with Gasteiger partial charge in [-0.15, -0.1) is 0 Å². The second kappa shape index (κ2) is 7.72. The zero-order valence-corrected chi connectivity index (χ0v) is 19.9. The number of benzene rings is 1. The molecule has 4 rings (SSSR count). The Kier molecular flexibility index (Phi) is 5.30. The van der Waals surface area contributed by atoms with Crippen LogP contribution in [0.5, 0.6) is 0 Å². The lowest BCUT2D eigenvalue weighted by atomic mass is 9.76. The molecule has 0 fully saturated rings. The topological polar surface area (TPSA) is 60.1 Å². The van der Waals surface area contributed by atoms with Crippen molar-refractivity contribution in [1.29, 1.82) is 10.5 Å². The Bertz CT molecular complexity index is 1160. The Morgan fingerprint density at radius 1 is 1.16 bits per heavy atom. The molecular formula is C28H31N3O. The van der Waals surface area contributed by atoms with Gasteiger partial charge in [-0.25, -0.2) is 0 Å². The molecule has 4 heteroatoms. The number of hydrogen-bond donors (Lipinski definition) is 0. The molecule has 0 spiro atoms. The zero-order chi connectivity index (χ0) is 23.3. The van der Waals surface area contributed by atoms with Gasteiger partial charge in [0, 0.05) is 29.3 Å². The van der Waals surface area contributed by atoms with Crippen LogP contribution in [0.1, 0.15) is 64.7 Å². The Balaban J connectivity index is 1.73. The van der Waals surface area contributed by atoms with E-state index in [4.69, 9.17) is 4.74 Å². The highest BCUT2D eigenvalue weighted by molar-refractivity contribution is 5.72. The van der Waals surface area contributed by atoms with Gasteiger partial charge in [0.2, 0.25) is 0 Å². The zero-order valence-electron chi connectivity index (χ0n) is 19.9. The summed E-state index contributed by atoms with van der Waals surface area (Å²) < 4.78 is 6.15. The lowest BCUT2D eigenvalue weighted by molar-refractivity contribution is 0.223. The molecular weight excluding hydrogens is 394 g/mol. The predicted octanol–water partition coefficient (Wildman–Crippen LogP) is 6.32. The third-order valence-electron chi connectivity index (χ3n) is 6.76. The first-order valence-electron chi connectivity index (χ1n) is 11.3. The Hall–Kier alpha value is -3.24. The normalized spacial score (nSPS) is 21.3. The highest BCUT2D eigenvalue weighted by Crippen LogP contribution is 2.47. The number of rotatable bonds is 2. The summed E-state index contributed by atoms with van der Waals surface area (Å²) in [6.07, 6.45) is 9.85. The first-order chi connectivity index (χ1) is 15.0. The van der Waals surface area contributed by atoms with Crippen LogP contribution >= 0.6 is 0 Å². The monoisotopic (exact) mass is 425 g/mol. The van der Waals surface area contributed by atoms with Crippen LogP contribution in [-0.4, -0.2) is 12.6 Å². The summed E-state index contributed by atoms with van der Waals surface area (Å²) in [4.78, 5) is 2.57. The molecule has 3 aliphatic heterocycles. The van der Waals surface area contributed by atoms with Crippen molar-refractivity contribution in [2.75, 3.05) is 11.4 Å². The van der Waals surface area contributed by atoms with Gasteiger partial charge in [0.25, 0.3) is 0 Å². The third-order valence-corrected chi connectivity index (χ3v) is 6.76. The van der Waals surface area contributed by atoms with E-state index in [0.717, 1.165) is 30.7 Å². The van der Waals surface area contributed by atoms with Crippen molar-refractivity contribution in [1.82, 2.24) is 0 Å². The molecule has 1 atom stereocenters. The third kappa shape index (κ3) is 3.87. The number of allylic oxidation sites excluding steroid dienone is 6. The molecule has 0 radical (unpaired) electrons. The number of hydrogen-bond acceptors (Lipinski definition) is 4. The van der Waals surface area contributed by atoms with Crippen molar-refractivity contribution in [3.8, 4) is 12.1 Å². The average Bonchev–Trinajstić information content (AvgIpc) is 3.05. The van der Waals surface area contributed by atoms with E-state index in [0.29, 0.717) is 17.4 Å². The SMILES string of the molecule is CC1Cc2cc(C=CC3=CC(=C(C#N)C#N)C=C(C(C)(C)C)O3)cc3c2N1CCC3(C)C. The van der Waals surface area contributed by atoms with Crippen molar-refractivity contribution < 1.29 is 4.74 Å². The first-order valence-corrected chi connectivity index (χ1v) is 11.3. The van der Waals surface area contributed by atoms with E-state index < -0.39 is 0 Å². The minimum absolute atomic E-state index is 0.0961. The van der Waals surface area contributed by atoms with Crippen molar-refractivity contribution in [2.24, 2.45) is 5.41 Å². The molecule has 0 N–H and O–H groups in total. The number of anilines is 1. The Morgan fingerprint density at radius 2 is 1.88 bits per heavy atom. The predicted molar refractivity (Wildman–Crippen MR) is 129 cm³/mol. The maximum Gasteiger partial charge on any atom is 0.137 e. The summed E-state index contributed by atoms with van der Waals surface area (Å²) in [5, 5.41) is 18.7. The van der Waals surface area contributed by atoms with E-state index in [2.05, 4.69) is 64.7 Å². The molecule has 3 aliphatic rings. The molecule has 0 amide bonds. The lowest BCUT2D eigenvalue weighted by Gasteiger charge is -2.40. The highest BCUT2D eigenvalue weighted by atomic mass is 16.5. The molecule has 1 aromatic rings. The lowest BCUT2D eigenvalue weighted by Crippen LogP contribution is -2.39. The van der Waals surface area contributed by atoms with Gasteiger partial charge in [0.1, 0.15) is 29.2 Å². The van der Waals surface area contributed by atoms with Crippen molar-refractivity contribution in [2.45, 2.75) is 65.8 Å². The van der Waals surface area contributed by atoms with Crippen molar-refractivity contribution in [3.63, 3.8) is 0 Å². The molecule has 0 bridgehead atoms. The van der Waals surface area contributed by atoms with Crippen molar-refractivity contribution in [3.05, 3.63) is 69.7 Å². The van der Waals surface area contributed by atoms with Gasteiger partial charge in [-0.1, -0.05) is 40.7 Å². The van der Waals surface area contributed by atoms with Crippen LogP contribution in [0.25, 0.3) is 6.08 Å². The molecule has 0 aromatic heterocycles. The molecule has 3 heterocycles. The van der Waals surface area contributed by atoms with Gasteiger partial charge in [0.15, 0.2) is 0 Å². The van der Waals surface area contributed by atoms with Crippen LogP contribution in [-0.2, 0) is 16.6 Å². The van der Waals surface area contributed by atoms with E-state index in [1.165, 1.54) is 16.8 Å². The minimum Gasteiger partial charge on any atom is -0.461 e. The minimum atomic E-state index is -0.240. The molecule has 1 aromatic carbocycles. The van der Waals surface area contributed by atoms with Crippen LogP contribution in [0.15, 0.2) is 53.0 Å². The van der Waals surface area contributed by atoms with E-state index in [1.807, 2.05) is 18.2 Å². The summed E-state index contributed by atoms with van der Waals surface area (Å²) >= 11 is 0. The summed E-state index contributed by atoms with van der Waals surface area (Å²) in [5.74, 6) is 1.38. The number of ether oxygens (including phenoxy) is 1. The fourth-order valence-corrected chi connectivity index (χ4v) is 4.79. The number of nitrogens with zero attached hydrogens (tertiary/aromatic N) is 3. The van der Waals surface area contributed by atoms with Crippen molar-refractivity contribution >= 4 is 11.8 Å². The van der Waals surface area contributed by atoms with Gasteiger partial charge in [-0.05, 0) is 72.2 Å². The second-order valence-electron chi connectivity index (χ2n) is 10.8. The molecule has 164 valence electrons. The molecule has 4 nitrogen and oxygen atoms in total. The van der Waals surface area contributed by atoms with Gasteiger partial charge < -0.3 is 9.64 Å². The van der Waals surface area contributed by atoms with Gasteiger partial charge in [0.05, 0.1) is 0 Å². The van der Waals surface area contributed by atoms with Crippen LogP contribution < -0.4 is 4.90 Å². The average molecular weight is 426 g/mol. The summed E-state index contributed by atoms with van der Waals surface area (Å²) in [6, 6.07) is 9.16. The maximum atomic E-state index is 9.35. The molecule has 0 saturated carbocycles. The van der Waals surface area contributed by atoms with Crippen LogP contribution in [0, 0.1) is 28.1 Å². The largest absolute Gasteiger partial charge is 0.461 e. The Morgan fingerprint density at radius 3 is 2.53 bits per heavy atom. The Labute approximate surface area is 191 Å². The molecule has 0 aliphatic carbocycles.